The number of hydrogen-bond donors (Lipinski definition) is 1. The van der Waals surface area contributed by atoms with Crippen LogP contribution in [0.4, 0.5) is 4.39 Å². The van der Waals surface area contributed by atoms with Gasteiger partial charge in [0.2, 0.25) is 5.89 Å². The molecule has 102 valence electrons. The fourth-order valence-electron chi connectivity index (χ4n) is 1.57. The number of aromatic nitrogens is 1. The summed E-state index contributed by atoms with van der Waals surface area (Å²) >= 11 is 3.36. The minimum Gasteiger partial charge on any atom is -0.439 e. The summed E-state index contributed by atoms with van der Waals surface area (Å²) in [6.45, 7) is 1.86. The first-order valence-electron chi connectivity index (χ1n) is 5.80. The summed E-state index contributed by atoms with van der Waals surface area (Å²) < 4.78 is 24.5. The van der Waals surface area contributed by atoms with Gasteiger partial charge in [-0.2, -0.15) is 0 Å². The summed E-state index contributed by atoms with van der Waals surface area (Å²) in [5.74, 6) is 0.784. The molecule has 1 N–H and O–H groups in total. The molecule has 0 spiro atoms. The Kier molecular flexibility index (Phi) is 5.07. The first-order chi connectivity index (χ1) is 9.20. The average Bonchev–Trinajstić information content (AvgIpc) is 2.86. The van der Waals surface area contributed by atoms with Crippen LogP contribution in [-0.2, 0) is 11.3 Å². The third kappa shape index (κ3) is 3.86. The lowest BCUT2D eigenvalue weighted by Crippen LogP contribution is -2.18. The molecule has 19 heavy (non-hydrogen) atoms. The highest BCUT2D eigenvalue weighted by Crippen LogP contribution is 2.29. The Balaban J connectivity index is 2.06. The summed E-state index contributed by atoms with van der Waals surface area (Å²) in [4.78, 5) is 4.15. The van der Waals surface area contributed by atoms with Crippen molar-refractivity contribution in [1.29, 1.82) is 0 Å². The molecule has 0 fully saturated rings. The van der Waals surface area contributed by atoms with Crippen LogP contribution in [0.25, 0.3) is 11.3 Å². The molecule has 0 radical (unpaired) electrons. The van der Waals surface area contributed by atoms with Gasteiger partial charge in [-0.25, -0.2) is 9.37 Å². The van der Waals surface area contributed by atoms with Crippen molar-refractivity contribution in [3.63, 3.8) is 0 Å². The first kappa shape index (κ1) is 14.2. The minimum absolute atomic E-state index is 0.311. The third-order valence-electron chi connectivity index (χ3n) is 2.51. The number of benzene rings is 1. The molecule has 0 aliphatic heterocycles. The highest BCUT2D eigenvalue weighted by atomic mass is 79.9. The highest BCUT2D eigenvalue weighted by Gasteiger charge is 2.10. The molecule has 1 aromatic carbocycles. The quantitative estimate of drug-likeness (QED) is 0.828. The number of methoxy groups -OCH3 is 1. The van der Waals surface area contributed by atoms with Crippen molar-refractivity contribution in [2.75, 3.05) is 20.3 Å². The standard InChI is InChI=1S/C13H14BrFN2O2/c1-18-5-4-16-8-13-17-7-12(19-13)10-6-9(15)2-3-11(10)14/h2-3,6-7,16H,4-5,8H2,1H3. The second-order valence-electron chi connectivity index (χ2n) is 3.91. The van der Waals surface area contributed by atoms with E-state index in [1.807, 2.05) is 0 Å². The fraction of sp³-hybridized carbons (Fsp3) is 0.308. The minimum atomic E-state index is -0.311. The number of halogens is 2. The van der Waals surface area contributed by atoms with E-state index in [0.29, 0.717) is 30.4 Å². The van der Waals surface area contributed by atoms with Gasteiger partial charge in [-0.15, -0.1) is 0 Å². The third-order valence-corrected chi connectivity index (χ3v) is 3.20. The Morgan fingerprint density at radius 2 is 2.32 bits per heavy atom. The number of hydrogen-bond acceptors (Lipinski definition) is 4. The van der Waals surface area contributed by atoms with Gasteiger partial charge < -0.3 is 14.5 Å². The number of nitrogens with zero attached hydrogens (tertiary/aromatic N) is 1. The van der Waals surface area contributed by atoms with E-state index in [0.717, 1.165) is 11.0 Å². The molecule has 0 atom stereocenters. The maximum absolute atomic E-state index is 13.2. The van der Waals surface area contributed by atoms with E-state index in [-0.39, 0.29) is 5.82 Å². The lowest BCUT2D eigenvalue weighted by molar-refractivity contribution is 0.198. The average molecular weight is 329 g/mol. The Morgan fingerprint density at radius 3 is 3.11 bits per heavy atom. The van der Waals surface area contributed by atoms with Crippen molar-refractivity contribution in [3.8, 4) is 11.3 Å². The fourth-order valence-corrected chi connectivity index (χ4v) is 2.01. The largest absolute Gasteiger partial charge is 0.439 e. The summed E-state index contributed by atoms with van der Waals surface area (Å²) in [5.41, 5.74) is 0.649. The van der Waals surface area contributed by atoms with E-state index >= 15 is 0 Å². The van der Waals surface area contributed by atoms with E-state index in [1.54, 1.807) is 19.4 Å². The van der Waals surface area contributed by atoms with E-state index < -0.39 is 0 Å². The summed E-state index contributed by atoms with van der Waals surface area (Å²) in [6, 6.07) is 4.44. The van der Waals surface area contributed by atoms with Gasteiger partial charge in [0.15, 0.2) is 5.76 Å². The lowest BCUT2D eigenvalue weighted by Gasteiger charge is -2.01. The van der Waals surface area contributed by atoms with E-state index in [4.69, 9.17) is 9.15 Å². The van der Waals surface area contributed by atoms with Crippen LogP contribution < -0.4 is 5.32 Å². The number of nitrogens with one attached hydrogen (secondary N) is 1. The first-order valence-corrected chi connectivity index (χ1v) is 6.60. The number of rotatable bonds is 6. The van der Waals surface area contributed by atoms with Crippen LogP contribution in [0.2, 0.25) is 0 Å². The molecule has 0 aliphatic carbocycles. The van der Waals surface area contributed by atoms with E-state index in [2.05, 4.69) is 26.2 Å². The maximum Gasteiger partial charge on any atom is 0.208 e. The molecule has 2 aromatic rings. The van der Waals surface area contributed by atoms with Gasteiger partial charge in [-0.1, -0.05) is 15.9 Å². The van der Waals surface area contributed by atoms with E-state index in [1.165, 1.54) is 12.1 Å². The molecule has 0 saturated carbocycles. The topological polar surface area (TPSA) is 47.3 Å². The van der Waals surface area contributed by atoms with Crippen molar-refractivity contribution in [1.82, 2.24) is 10.3 Å². The van der Waals surface area contributed by atoms with Gasteiger partial charge in [0, 0.05) is 23.7 Å². The molecule has 0 bridgehead atoms. The summed E-state index contributed by atoms with van der Waals surface area (Å²) in [6.07, 6.45) is 1.59. The zero-order chi connectivity index (χ0) is 13.7. The van der Waals surface area contributed by atoms with Gasteiger partial charge >= 0.3 is 0 Å². The smallest absolute Gasteiger partial charge is 0.208 e. The predicted octanol–water partition coefficient (Wildman–Crippen LogP) is 2.98. The van der Waals surface area contributed by atoms with Crippen molar-refractivity contribution >= 4 is 15.9 Å². The highest BCUT2D eigenvalue weighted by molar-refractivity contribution is 9.10. The van der Waals surface area contributed by atoms with Crippen molar-refractivity contribution in [2.45, 2.75) is 6.54 Å². The summed E-state index contributed by atoms with van der Waals surface area (Å²) in [5, 5.41) is 3.13. The van der Waals surface area contributed by atoms with Crippen LogP contribution in [-0.4, -0.2) is 25.2 Å². The molecule has 1 heterocycles. The molecule has 6 heteroatoms. The van der Waals surface area contributed by atoms with Crippen molar-refractivity contribution in [2.24, 2.45) is 0 Å². The van der Waals surface area contributed by atoms with Crippen LogP contribution in [0.3, 0.4) is 0 Å². The molecule has 0 aliphatic rings. The maximum atomic E-state index is 13.2. The lowest BCUT2D eigenvalue weighted by atomic mass is 10.2. The van der Waals surface area contributed by atoms with Crippen molar-refractivity contribution in [3.05, 3.63) is 40.6 Å². The van der Waals surface area contributed by atoms with Crippen LogP contribution >= 0.6 is 15.9 Å². The zero-order valence-corrected chi connectivity index (χ0v) is 12.0. The van der Waals surface area contributed by atoms with Gasteiger partial charge in [-0.05, 0) is 18.2 Å². The number of ether oxygens (including phenoxy) is 1. The second kappa shape index (κ2) is 6.79. The van der Waals surface area contributed by atoms with Gasteiger partial charge in [-0.3, -0.25) is 0 Å². The molecule has 0 unspecified atom stereocenters. The molecular formula is C13H14BrFN2O2. The summed E-state index contributed by atoms with van der Waals surface area (Å²) in [7, 11) is 1.65. The monoisotopic (exact) mass is 328 g/mol. The Morgan fingerprint density at radius 1 is 1.47 bits per heavy atom. The van der Waals surface area contributed by atoms with Gasteiger partial charge in [0.25, 0.3) is 0 Å². The van der Waals surface area contributed by atoms with E-state index in [9.17, 15) is 4.39 Å². The number of oxazole rings is 1. The Labute approximate surface area is 119 Å². The van der Waals surface area contributed by atoms with Crippen molar-refractivity contribution < 1.29 is 13.5 Å². The SMILES string of the molecule is COCCNCc1ncc(-c2cc(F)ccc2Br)o1. The Bertz CT molecular complexity index is 545. The molecule has 0 saturated heterocycles. The van der Waals surface area contributed by atoms with Crippen LogP contribution in [0, 0.1) is 5.82 Å². The molecule has 4 nitrogen and oxygen atoms in total. The van der Waals surface area contributed by atoms with Gasteiger partial charge in [0.05, 0.1) is 19.3 Å². The molecular weight excluding hydrogens is 315 g/mol. The normalized spacial score (nSPS) is 10.9. The van der Waals surface area contributed by atoms with Crippen LogP contribution in [0.1, 0.15) is 5.89 Å². The molecule has 1 aromatic heterocycles. The predicted molar refractivity (Wildman–Crippen MR) is 73.2 cm³/mol. The second-order valence-corrected chi connectivity index (χ2v) is 4.77. The molecule has 2 rings (SSSR count). The van der Waals surface area contributed by atoms with Crippen LogP contribution in [0.15, 0.2) is 33.3 Å². The zero-order valence-electron chi connectivity index (χ0n) is 10.5. The van der Waals surface area contributed by atoms with Crippen LogP contribution in [0.5, 0.6) is 0 Å². The molecule has 0 amide bonds. The van der Waals surface area contributed by atoms with Gasteiger partial charge in [0.1, 0.15) is 5.82 Å². The Hall–Kier alpha value is -1.24.